The fourth-order valence-corrected chi connectivity index (χ4v) is 3.09. The van der Waals surface area contributed by atoms with Crippen LogP contribution in [0, 0.1) is 0 Å². The predicted molar refractivity (Wildman–Crippen MR) is 102 cm³/mol. The van der Waals surface area contributed by atoms with Crippen LogP contribution in [0.4, 0.5) is 26.3 Å². The van der Waals surface area contributed by atoms with Crippen LogP contribution in [0.5, 0.6) is 0 Å². The molecule has 3 rings (SSSR count). The van der Waals surface area contributed by atoms with Crippen LogP contribution < -0.4 is 0 Å². The van der Waals surface area contributed by atoms with Crippen LogP contribution in [0.25, 0.3) is 6.08 Å². The van der Waals surface area contributed by atoms with Crippen molar-refractivity contribution >= 4 is 18.0 Å². The number of rotatable bonds is 5. The highest BCUT2D eigenvalue weighted by Gasteiger charge is 2.44. The van der Waals surface area contributed by atoms with Gasteiger partial charge in [0.15, 0.2) is 5.60 Å². The fraction of sp³-hybridized carbons (Fsp3) is 0.273. The van der Waals surface area contributed by atoms with Crippen molar-refractivity contribution in [2.24, 2.45) is 0 Å². The van der Waals surface area contributed by atoms with Gasteiger partial charge in [-0.3, -0.25) is 0 Å². The van der Waals surface area contributed by atoms with E-state index in [9.17, 15) is 41.0 Å². The predicted octanol–water partition coefficient (Wildman–Crippen LogP) is 4.64. The van der Waals surface area contributed by atoms with E-state index >= 15 is 0 Å². The highest BCUT2D eigenvalue weighted by atomic mass is 19.4. The Labute approximate surface area is 183 Å². The van der Waals surface area contributed by atoms with E-state index in [1.54, 1.807) is 0 Å². The quantitative estimate of drug-likeness (QED) is 0.388. The minimum absolute atomic E-state index is 0.0365. The third-order valence-corrected chi connectivity index (χ3v) is 4.87. The van der Waals surface area contributed by atoms with Gasteiger partial charge in [-0.15, -0.1) is 0 Å². The number of carbonyl (C=O) groups excluding carboxylic acids is 2. The van der Waals surface area contributed by atoms with Crippen LogP contribution in [0.3, 0.4) is 0 Å². The number of halogens is 6. The van der Waals surface area contributed by atoms with E-state index in [1.165, 1.54) is 6.08 Å². The Morgan fingerprint density at radius 2 is 1.48 bits per heavy atom. The van der Waals surface area contributed by atoms with Gasteiger partial charge in [0.1, 0.15) is 6.61 Å². The number of ether oxygens (including phenoxy) is 2. The van der Waals surface area contributed by atoms with E-state index in [-0.39, 0.29) is 23.1 Å². The Balaban J connectivity index is 1.68. The molecule has 1 aliphatic rings. The largest absolute Gasteiger partial charge is 0.458 e. The third-order valence-electron chi connectivity index (χ3n) is 4.87. The molecule has 1 heterocycles. The third kappa shape index (κ3) is 5.72. The van der Waals surface area contributed by atoms with Crippen molar-refractivity contribution in [3.05, 3.63) is 76.4 Å². The number of carbonyl (C=O) groups is 2. The maximum Gasteiger partial charge on any atom is 0.416 e. The zero-order valence-electron chi connectivity index (χ0n) is 16.7. The van der Waals surface area contributed by atoms with E-state index in [1.807, 2.05) is 0 Å². The summed E-state index contributed by atoms with van der Waals surface area (Å²) in [6.45, 7) is -1.32. The molecule has 0 radical (unpaired) electrons. The molecule has 0 amide bonds. The lowest BCUT2D eigenvalue weighted by Crippen LogP contribution is -2.39. The molecule has 0 saturated carbocycles. The maximum absolute atomic E-state index is 12.7. The molecule has 0 aromatic heterocycles. The Morgan fingerprint density at radius 3 is 1.97 bits per heavy atom. The molecule has 0 aliphatic carbocycles. The number of aliphatic hydroxyl groups is 1. The zero-order valence-corrected chi connectivity index (χ0v) is 16.7. The Kier molecular flexibility index (Phi) is 6.55. The van der Waals surface area contributed by atoms with Crippen molar-refractivity contribution in [3.63, 3.8) is 0 Å². The lowest BCUT2D eigenvalue weighted by atomic mass is 9.97. The average molecular weight is 474 g/mol. The molecule has 2 aromatic rings. The average Bonchev–Trinajstić information content (AvgIpc) is 3.07. The molecule has 1 atom stereocenters. The van der Waals surface area contributed by atoms with Crippen molar-refractivity contribution < 1.29 is 50.5 Å². The van der Waals surface area contributed by atoms with Gasteiger partial charge in [0.05, 0.1) is 23.3 Å². The van der Waals surface area contributed by atoms with E-state index in [0.29, 0.717) is 12.1 Å². The second-order valence-electron chi connectivity index (χ2n) is 7.35. The second-order valence-corrected chi connectivity index (χ2v) is 7.35. The number of cyclic esters (lactones) is 1. The molecule has 176 valence electrons. The number of esters is 2. The van der Waals surface area contributed by atoms with Gasteiger partial charge in [-0.25, -0.2) is 9.59 Å². The van der Waals surface area contributed by atoms with Gasteiger partial charge in [0.2, 0.25) is 0 Å². The van der Waals surface area contributed by atoms with Crippen molar-refractivity contribution in [1.82, 2.24) is 0 Å². The summed E-state index contributed by atoms with van der Waals surface area (Å²) in [5.41, 5.74) is -3.30. The van der Waals surface area contributed by atoms with Crippen LogP contribution in [-0.2, 0) is 26.6 Å². The first kappa shape index (κ1) is 24.3. The molecular formula is C22H16F6O5. The highest BCUT2D eigenvalue weighted by Crippen LogP contribution is 2.34. The standard InChI is InChI=1S/C22H16F6O5/c23-21(24,25)16-5-1-13(2-6-16)9-15-10-20(11-29,33-19(15)31)12-32-18(30)14-3-7-17(8-4-14)22(26,27)28/h1-9,29H,10-12H2/b15-9-. The summed E-state index contributed by atoms with van der Waals surface area (Å²) in [4.78, 5) is 24.4. The summed E-state index contributed by atoms with van der Waals surface area (Å²) in [7, 11) is 0. The number of aliphatic hydroxyl groups excluding tert-OH is 1. The van der Waals surface area contributed by atoms with Crippen LogP contribution in [0.1, 0.15) is 33.5 Å². The molecule has 1 fully saturated rings. The van der Waals surface area contributed by atoms with E-state index in [4.69, 9.17) is 9.47 Å². The molecule has 1 N–H and O–H groups in total. The van der Waals surface area contributed by atoms with E-state index in [0.717, 1.165) is 36.4 Å². The molecule has 0 bridgehead atoms. The highest BCUT2D eigenvalue weighted by molar-refractivity contribution is 5.96. The molecular weight excluding hydrogens is 458 g/mol. The smallest absolute Gasteiger partial charge is 0.416 e. The van der Waals surface area contributed by atoms with Gasteiger partial charge in [0, 0.05) is 12.0 Å². The molecule has 0 spiro atoms. The SMILES string of the molecule is O=C1OC(CO)(COC(=O)c2ccc(C(F)(F)F)cc2)C/C1=C/c1ccc(C(F)(F)F)cc1. The zero-order chi connectivity index (χ0) is 24.4. The minimum atomic E-state index is -4.57. The Hall–Kier alpha value is -3.34. The summed E-state index contributed by atoms with van der Waals surface area (Å²) in [5, 5.41) is 9.71. The Bertz CT molecular complexity index is 1050. The molecule has 5 nitrogen and oxygen atoms in total. The van der Waals surface area contributed by atoms with Gasteiger partial charge in [0.25, 0.3) is 0 Å². The molecule has 1 unspecified atom stereocenters. The van der Waals surface area contributed by atoms with Gasteiger partial charge in [-0.1, -0.05) is 12.1 Å². The Morgan fingerprint density at radius 1 is 0.970 bits per heavy atom. The summed E-state index contributed by atoms with van der Waals surface area (Å²) >= 11 is 0. The van der Waals surface area contributed by atoms with E-state index in [2.05, 4.69) is 0 Å². The first-order valence-corrected chi connectivity index (χ1v) is 9.39. The lowest BCUT2D eigenvalue weighted by Gasteiger charge is -2.24. The van der Waals surface area contributed by atoms with Crippen molar-refractivity contribution in [2.45, 2.75) is 24.4 Å². The van der Waals surface area contributed by atoms with Crippen LogP contribution in [-0.4, -0.2) is 35.9 Å². The topological polar surface area (TPSA) is 72.8 Å². The summed E-state index contributed by atoms with van der Waals surface area (Å²) < 4.78 is 86.0. The van der Waals surface area contributed by atoms with Crippen molar-refractivity contribution in [1.29, 1.82) is 0 Å². The minimum Gasteiger partial charge on any atom is -0.458 e. The molecule has 1 aliphatic heterocycles. The number of alkyl halides is 6. The molecule has 2 aromatic carbocycles. The van der Waals surface area contributed by atoms with Gasteiger partial charge in [-0.05, 0) is 48.0 Å². The van der Waals surface area contributed by atoms with Crippen molar-refractivity contribution in [2.75, 3.05) is 13.2 Å². The van der Waals surface area contributed by atoms with Gasteiger partial charge in [-0.2, -0.15) is 26.3 Å². The summed E-state index contributed by atoms with van der Waals surface area (Å²) in [6.07, 6.45) is -8.00. The first-order chi connectivity index (χ1) is 15.3. The fourth-order valence-electron chi connectivity index (χ4n) is 3.09. The van der Waals surface area contributed by atoms with Crippen molar-refractivity contribution in [3.8, 4) is 0 Å². The van der Waals surface area contributed by atoms with Crippen LogP contribution in [0.2, 0.25) is 0 Å². The first-order valence-electron chi connectivity index (χ1n) is 9.39. The lowest BCUT2D eigenvalue weighted by molar-refractivity contribution is -0.154. The second kappa shape index (κ2) is 8.89. The summed E-state index contributed by atoms with van der Waals surface area (Å²) in [6, 6.07) is 7.27. The monoisotopic (exact) mass is 474 g/mol. The summed E-state index contributed by atoms with van der Waals surface area (Å²) in [5.74, 6) is -1.85. The normalized spacial score (nSPS) is 20.1. The van der Waals surface area contributed by atoms with Gasteiger partial charge < -0.3 is 14.6 Å². The van der Waals surface area contributed by atoms with E-state index < -0.39 is 54.2 Å². The molecule has 11 heteroatoms. The molecule has 33 heavy (non-hydrogen) atoms. The van der Waals surface area contributed by atoms with Crippen LogP contribution in [0.15, 0.2) is 54.1 Å². The maximum atomic E-state index is 12.7. The van der Waals surface area contributed by atoms with Gasteiger partial charge >= 0.3 is 24.3 Å². The number of hydrogen-bond acceptors (Lipinski definition) is 5. The van der Waals surface area contributed by atoms with Crippen LogP contribution >= 0.6 is 0 Å². The number of hydrogen-bond donors (Lipinski definition) is 1. The number of benzene rings is 2. The molecule has 1 saturated heterocycles.